The molecule has 0 unspecified atom stereocenters. The molecule has 1 N–H and O–H groups in total. The predicted octanol–water partition coefficient (Wildman–Crippen LogP) is 1.24. The van der Waals surface area contributed by atoms with Crippen molar-refractivity contribution in [3.8, 4) is 6.07 Å². The monoisotopic (exact) mass is 295 g/mol. The number of anilines is 3. The molecule has 0 saturated carbocycles. The Morgan fingerprint density at radius 2 is 1.86 bits per heavy atom. The Bertz CT molecular complexity index is 669. The third kappa shape index (κ3) is 3.30. The van der Waals surface area contributed by atoms with Crippen molar-refractivity contribution in [1.82, 2.24) is 20.1 Å². The van der Waals surface area contributed by atoms with Crippen molar-refractivity contribution in [3.63, 3.8) is 0 Å². The Kier molecular flexibility index (Phi) is 4.12. The number of aromatic nitrogens is 3. The fourth-order valence-electron chi connectivity index (χ4n) is 2.29. The van der Waals surface area contributed by atoms with Crippen molar-refractivity contribution in [2.24, 2.45) is 0 Å². The van der Waals surface area contributed by atoms with Crippen LogP contribution in [0.4, 0.5) is 17.5 Å². The molecule has 112 valence electrons. The van der Waals surface area contributed by atoms with Gasteiger partial charge in [-0.2, -0.15) is 15.3 Å². The van der Waals surface area contributed by atoms with Gasteiger partial charge in [0.15, 0.2) is 5.82 Å². The van der Waals surface area contributed by atoms with Crippen LogP contribution in [0.25, 0.3) is 0 Å². The first kappa shape index (κ1) is 14.2. The van der Waals surface area contributed by atoms with Crippen LogP contribution < -0.4 is 10.2 Å². The maximum absolute atomic E-state index is 8.80. The van der Waals surface area contributed by atoms with Crippen LogP contribution in [0.2, 0.25) is 0 Å². The Balaban J connectivity index is 1.72. The third-order valence-electron chi connectivity index (χ3n) is 3.64. The molecule has 7 heteroatoms. The van der Waals surface area contributed by atoms with Crippen molar-refractivity contribution in [2.45, 2.75) is 0 Å². The van der Waals surface area contributed by atoms with Gasteiger partial charge in [0.25, 0.3) is 0 Å². The van der Waals surface area contributed by atoms with Crippen LogP contribution in [-0.2, 0) is 0 Å². The molecule has 1 saturated heterocycles. The summed E-state index contributed by atoms with van der Waals surface area (Å²) < 4.78 is 0. The summed E-state index contributed by atoms with van der Waals surface area (Å²) >= 11 is 0. The topological polar surface area (TPSA) is 81.0 Å². The molecule has 0 spiro atoms. The molecule has 1 aromatic heterocycles. The number of hydrogen-bond acceptors (Lipinski definition) is 7. The lowest BCUT2D eigenvalue weighted by Crippen LogP contribution is -2.44. The van der Waals surface area contributed by atoms with Crippen LogP contribution >= 0.6 is 0 Å². The van der Waals surface area contributed by atoms with Crippen molar-refractivity contribution >= 4 is 17.5 Å². The van der Waals surface area contributed by atoms with Gasteiger partial charge < -0.3 is 15.1 Å². The number of nitriles is 1. The maximum atomic E-state index is 8.80. The van der Waals surface area contributed by atoms with Gasteiger partial charge in [-0.15, -0.1) is 5.10 Å². The summed E-state index contributed by atoms with van der Waals surface area (Å²) in [6.45, 7) is 3.90. The summed E-state index contributed by atoms with van der Waals surface area (Å²) in [7, 11) is 2.12. The summed E-state index contributed by atoms with van der Waals surface area (Å²) in [6.07, 6.45) is 1.69. The summed E-state index contributed by atoms with van der Waals surface area (Å²) in [5.74, 6) is 1.29. The molecule has 0 atom stereocenters. The average molecular weight is 295 g/mol. The minimum Gasteiger partial charge on any atom is -0.353 e. The molecule has 1 aliphatic rings. The maximum Gasteiger partial charge on any atom is 0.249 e. The second kappa shape index (κ2) is 6.37. The summed E-state index contributed by atoms with van der Waals surface area (Å²) in [6, 6.07) is 9.24. The minimum absolute atomic E-state index is 0.459. The molecule has 0 aliphatic carbocycles. The van der Waals surface area contributed by atoms with E-state index in [1.165, 1.54) is 0 Å². The average Bonchev–Trinajstić information content (AvgIpc) is 2.56. The first-order chi connectivity index (χ1) is 10.7. The van der Waals surface area contributed by atoms with Crippen molar-refractivity contribution in [3.05, 3.63) is 36.0 Å². The van der Waals surface area contributed by atoms with Crippen LogP contribution in [0, 0.1) is 11.3 Å². The quantitative estimate of drug-likeness (QED) is 0.912. The van der Waals surface area contributed by atoms with E-state index in [1.54, 1.807) is 18.3 Å². The fourth-order valence-corrected chi connectivity index (χ4v) is 2.29. The lowest BCUT2D eigenvalue weighted by molar-refractivity contribution is 0.312. The zero-order chi connectivity index (χ0) is 15.4. The molecule has 2 heterocycles. The van der Waals surface area contributed by atoms with Crippen LogP contribution in [-0.4, -0.2) is 53.3 Å². The van der Waals surface area contributed by atoms with Crippen LogP contribution in [0.15, 0.2) is 30.5 Å². The molecule has 0 bridgehead atoms. The highest BCUT2D eigenvalue weighted by Crippen LogP contribution is 2.17. The lowest BCUT2D eigenvalue weighted by atomic mass is 10.2. The van der Waals surface area contributed by atoms with Crippen LogP contribution in [0.5, 0.6) is 0 Å². The number of rotatable bonds is 3. The Hall–Kier alpha value is -2.72. The first-order valence-corrected chi connectivity index (χ1v) is 7.15. The molecule has 3 rings (SSSR count). The second-order valence-corrected chi connectivity index (χ2v) is 5.24. The van der Waals surface area contributed by atoms with E-state index in [0.29, 0.717) is 11.5 Å². The van der Waals surface area contributed by atoms with E-state index in [9.17, 15) is 0 Å². The lowest BCUT2D eigenvalue weighted by Gasteiger charge is -2.32. The summed E-state index contributed by atoms with van der Waals surface area (Å²) in [4.78, 5) is 9.02. The highest BCUT2D eigenvalue weighted by atomic mass is 15.3. The molecule has 0 amide bonds. The van der Waals surface area contributed by atoms with Gasteiger partial charge in [0, 0.05) is 31.9 Å². The fraction of sp³-hybridized carbons (Fsp3) is 0.333. The minimum atomic E-state index is 0.459. The Labute approximate surface area is 129 Å². The van der Waals surface area contributed by atoms with Gasteiger partial charge in [0.1, 0.15) is 0 Å². The van der Waals surface area contributed by atoms with Gasteiger partial charge in [0.2, 0.25) is 5.95 Å². The third-order valence-corrected chi connectivity index (χ3v) is 3.64. The number of piperazine rings is 1. The second-order valence-electron chi connectivity index (χ2n) is 5.24. The molecular formula is C15H17N7. The Morgan fingerprint density at radius 1 is 1.14 bits per heavy atom. The molecule has 2 aromatic rings. The smallest absolute Gasteiger partial charge is 0.249 e. The van der Waals surface area contributed by atoms with E-state index >= 15 is 0 Å². The zero-order valence-corrected chi connectivity index (χ0v) is 12.4. The standard InChI is InChI=1S/C15H17N7/c1-21-6-8-22(9-7-21)14-11-17-20-15(19-14)18-13-4-2-12(10-16)3-5-13/h2-5,11H,6-9H2,1H3,(H,18,19,20). The summed E-state index contributed by atoms with van der Waals surface area (Å²) in [5, 5.41) is 20.0. The molecular weight excluding hydrogens is 278 g/mol. The largest absolute Gasteiger partial charge is 0.353 e. The molecule has 7 nitrogen and oxygen atoms in total. The molecule has 1 fully saturated rings. The van der Waals surface area contributed by atoms with Gasteiger partial charge in [-0.3, -0.25) is 0 Å². The van der Waals surface area contributed by atoms with Gasteiger partial charge in [0.05, 0.1) is 17.8 Å². The van der Waals surface area contributed by atoms with Crippen LogP contribution in [0.1, 0.15) is 5.56 Å². The highest BCUT2D eigenvalue weighted by molar-refractivity contribution is 5.55. The van der Waals surface area contributed by atoms with Gasteiger partial charge in [-0.05, 0) is 31.3 Å². The molecule has 1 aromatic carbocycles. The van der Waals surface area contributed by atoms with Gasteiger partial charge in [-0.1, -0.05) is 0 Å². The van der Waals surface area contributed by atoms with Crippen molar-refractivity contribution < 1.29 is 0 Å². The number of nitrogens with one attached hydrogen (secondary N) is 1. The normalized spacial score (nSPS) is 15.4. The number of benzene rings is 1. The molecule has 0 radical (unpaired) electrons. The van der Waals surface area contributed by atoms with Gasteiger partial charge >= 0.3 is 0 Å². The summed E-state index contributed by atoms with van der Waals surface area (Å²) in [5.41, 5.74) is 1.45. The zero-order valence-electron chi connectivity index (χ0n) is 12.4. The van der Waals surface area contributed by atoms with Crippen LogP contribution in [0.3, 0.4) is 0 Å². The predicted molar refractivity (Wildman–Crippen MR) is 84.0 cm³/mol. The van der Waals surface area contributed by atoms with E-state index < -0.39 is 0 Å². The van der Waals surface area contributed by atoms with E-state index in [0.717, 1.165) is 37.7 Å². The van der Waals surface area contributed by atoms with Gasteiger partial charge in [-0.25, -0.2) is 0 Å². The number of likely N-dealkylation sites (N-methyl/N-ethyl adjacent to an activating group) is 1. The van der Waals surface area contributed by atoms with Crippen molar-refractivity contribution in [1.29, 1.82) is 5.26 Å². The highest BCUT2D eigenvalue weighted by Gasteiger charge is 2.16. The van der Waals surface area contributed by atoms with E-state index in [2.05, 4.69) is 43.4 Å². The number of hydrogen-bond donors (Lipinski definition) is 1. The Morgan fingerprint density at radius 3 is 2.55 bits per heavy atom. The molecule has 1 aliphatic heterocycles. The number of nitrogens with zero attached hydrogens (tertiary/aromatic N) is 6. The SMILES string of the molecule is CN1CCN(c2cnnc(Nc3ccc(C#N)cc3)n2)CC1. The van der Waals surface area contributed by atoms with E-state index in [-0.39, 0.29) is 0 Å². The van der Waals surface area contributed by atoms with E-state index in [4.69, 9.17) is 5.26 Å². The van der Waals surface area contributed by atoms with Crippen molar-refractivity contribution in [2.75, 3.05) is 43.4 Å². The first-order valence-electron chi connectivity index (χ1n) is 7.15. The molecule has 22 heavy (non-hydrogen) atoms. The van der Waals surface area contributed by atoms with E-state index in [1.807, 2.05) is 12.1 Å².